The number of carbonyl (C=O) groups excluding carboxylic acids is 1. The first kappa shape index (κ1) is 15.9. The number of nitrogens with zero attached hydrogens (tertiary/aromatic N) is 1. The molecule has 2 unspecified atom stereocenters. The van der Waals surface area contributed by atoms with Crippen LogP contribution < -0.4 is 10.6 Å². The zero-order valence-corrected chi connectivity index (χ0v) is 12.2. The normalized spacial score (nSPS) is 24.1. The van der Waals surface area contributed by atoms with Crippen LogP contribution in [0.1, 0.15) is 38.3 Å². The Balaban J connectivity index is 0.00000180. The molecule has 1 aliphatic heterocycles. The summed E-state index contributed by atoms with van der Waals surface area (Å²) < 4.78 is 0. The van der Waals surface area contributed by atoms with Gasteiger partial charge in [-0.3, -0.25) is 9.78 Å². The number of nitrogens with one attached hydrogen (secondary N) is 2. The molecule has 2 heterocycles. The average Bonchev–Trinajstić information content (AvgIpc) is 2.39. The highest BCUT2D eigenvalue weighted by atomic mass is 35.5. The van der Waals surface area contributed by atoms with Crippen molar-refractivity contribution in [3.05, 3.63) is 30.1 Å². The molecule has 19 heavy (non-hydrogen) atoms. The van der Waals surface area contributed by atoms with Gasteiger partial charge in [0.2, 0.25) is 5.91 Å². The van der Waals surface area contributed by atoms with E-state index in [1.807, 2.05) is 19.1 Å². The number of halogens is 1. The molecular formula is C14H22ClN3O. The van der Waals surface area contributed by atoms with Gasteiger partial charge in [-0.15, -0.1) is 12.4 Å². The molecule has 5 heteroatoms. The second kappa shape index (κ2) is 7.46. The molecule has 0 saturated carbocycles. The van der Waals surface area contributed by atoms with E-state index in [-0.39, 0.29) is 30.4 Å². The van der Waals surface area contributed by atoms with E-state index in [2.05, 4.69) is 22.5 Å². The summed E-state index contributed by atoms with van der Waals surface area (Å²) in [6.45, 7) is 5.12. The Morgan fingerprint density at radius 3 is 3.00 bits per heavy atom. The van der Waals surface area contributed by atoms with E-state index in [0.29, 0.717) is 5.92 Å². The number of carbonyl (C=O) groups is 1. The second-order valence-electron chi connectivity index (χ2n) is 5.15. The fraction of sp³-hybridized carbons (Fsp3) is 0.571. The molecular weight excluding hydrogens is 262 g/mol. The number of hydrogen-bond donors (Lipinski definition) is 2. The highest BCUT2D eigenvalue weighted by molar-refractivity contribution is 5.85. The third-order valence-electron chi connectivity index (χ3n) is 3.53. The number of rotatable bonds is 3. The maximum Gasteiger partial charge on any atom is 0.237 e. The zero-order chi connectivity index (χ0) is 13.0. The molecule has 1 aromatic heterocycles. The topological polar surface area (TPSA) is 54.0 Å². The SMILES string of the molecule is CC1CCNC(C(=O)N[C@@H](C)c2cccnc2)C1.Cl. The third-order valence-corrected chi connectivity index (χ3v) is 3.53. The Morgan fingerprint density at radius 2 is 2.37 bits per heavy atom. The summed E-state index contributed by atoms with van der Waals surface area (Å²) in [5.41, 5.74) is 1.04. The van der Waals surface area contributed by atoms with Crippen LogP contribution in [-0.4, -0.2) is 23.5 Å². The first-order valence-corrected chi connectivity index (χ1v) is 6.60. The Bertz CT molecular complexity index is 399. The highest BCUT2D eigenvalue weighted by Gasteiger charge is 2.25. The van der Waals surface area contributed by atoms with Crippen molar-refractivity contribution in [2.75, 3.05) is 6.54 Å². The maximum absolute atomic E-state index is 12.1. The summed E-state index contributed by atoms with van der Waals surface area (Å²) in [6.07, 6.45) is 5.61. The second-order valence-corrected chi connectivity index (χ2v) is 5.15. The summed E-state index contributed by atoms with van der Waals surface area (Å²) in [5, 5.41) is 6.32. The molecule has 2 rings (SSSR count). The molecule has 1 aliphatic rings. The summed E-state index contributed by atoms with van der Waals surface area (Å²) in [7, 11) is 0. The molecule has 0 spiro atoms. The minimum atomic E-state index is -0.0483. The van der Waals surface area contributed by atoms with Crippen LogP contribution in [-0.2, 0) is 4.79 Å². The Kier molecular flexibility index (Phi) is 6.25. The molecule has 0 aromatic carbocycles. The summed E-state index contributed by atoms with van der Waals surface area (Å²) >= 11 is 0. The lowest BCUT2D eigenvalue weighted by Crippen LogP contribution is -2.48. The number of aromatic nitrogens is 1. The molecule has 1 fully saturated rings. The van der Waals surface area contributed by atoms with Gasteiger partial charge in [-0.25, -0.2) is 0 Å². The van der Waals surface area contributed by atoms with Gasteiger partial charge in [0.25, 0.3) is 0 Å². The van der Waals surface area contributed by atoms with E-state index in [4.69, 9.17) is 0 Å². The quantitative estimate of drug-likeness (QED) is 0.893. The van der Waals surface area contributed by atoms with Crippen molar-refractivity contribution in [2.45, 2.75) is 38.8 Å². The minimum absolute atomic E-state index is 0. The fourth-order valence-electron chi connectivity index (χ4n) is 2.34. The van der Waals surface area contributed by atoms with Crippen LogP contribution in [0.3, 0.4) is 0 Å². The predicted octanol–water partition coefficient (Wildman–Crippen LogP) is 2.07. The smallest absolute Gasteiger partial charge is 0.237 e. The van der Waals surface area contributed by atoms with Crippen molar-refractivity contribution in [2.24, 2.45) is 5.92 Å². The summed E-state index contributed by atoms with van der Waals surface area (Å²) in [5.74, 6) is 0.716. The van der Waals surface area contributed by atoms with E-state index >= 15 is 0 Å². The molecule has 0 radical (unpaired) electrons. The van der Waals surface area contributed by atoms with Crippen LogP contribution in [0.25, 0.3) is 0 Å². The third kappa shape index (κ3) is 4.48. The zero-order valence-electron chi connectivity index (χ0n) is 11.4. The molecule has 0 bridgehead atoms. The van der Waals surface area contributed by atoms with E-state index in [1.54, 1.807) is 12.4 Å². The lowest BCUT2D eigenvalue weighted by Gasteiger charge is -2.28. The van der Waals surface area contributed by atoms with Crippen LogP contribution >= 0.6 is 12.4 Å². The Hall–Kier alpha value is -1.13. The number of pyridine rings is 1. The van der Waals surface area contributed by atoms with Crippen molar-refractivity contribution in [3.63, 3.8) is 0 Å². The van der Waals surface area contributed by atoms with Crippen molar-refractivity contribution in [3.8, 4) is 0 Å². The van der Waals surface area contributed by atoms with E-state index in [0.717, 1.165) is 24.9 Å². The summed E-state index contributed by atoms with van der Waals surface area (Å²) in [6, 6.07) is 3.83. The predicted molar refractivity (Wildman–Crippen MR) is 78.2 cm³/mol. The largest absolute Gasteiger partial charge is 0.348 e. The molecule has 1 amide bonds. The molecule has 1 saturated heterocycles. The van der Waals surface area contributed by atoms with Crippen molar-refractivity contribution >= 4 is 18.3 Å². The lowest BCUT2D eigenvalue weighted by molar-refractivity contribution is -0.124. The standard InChI is InChI=1S/C14H21N3O.ClH/c1-10-5-7-16-13(8-10)14(18)17-11(2)12-4-3-6-15-9-12;/h3-4,6,9-11,13,16H,5,7-8H2,1-2H3,(H,17,18);1H/t10?,11-,13?;/m0./s1. The summed E-state index contributed by atoms with van der Waals surface area (Å²) in [4.78, 5) is 16.2. The van der Waals surface area contributed by atoms with Crippen LogP contribution in [0.15, 0.2) is 24.5 Å². The number of hydrogen-bond acceptors (Lipinski definition) is 3. The molecule has 2 N–H and O–H groups in total. The van der Waals surface area contributed by atoms with E-state index in [1.165, 1.54) is 0 Å². The molecule has 3 atom stereocenters. The van der Waals surface area contributed by atoms with Gasteiger partial charge in [0.15, 0.2) is 0 Å². The first-order valence-electron chi connectivity index (χ1n) is 6.60. The lowest BCUT2D eigenvalue weighted by atomic mass is 9.93. The Morgan fingerprint density at radius 1 is 1.58 bits per heavy atom. The van der Waals surface area contributed by atoms with Gasteiger partial charge in [0.1, 0.15) is 0 Å². The van der Waals surface area contributed by atoms with Crippen LogP contribution in [0.5, 0.6) is 0 Å². The van der Waals surface area contributed by atoms with E-state index in [9.17, 15) is 4.79 Å². The average molecular weight is 284 g/mol. The van der Waals surface area contributed by atoms with Crippen LogP contribution in [0, 0.1) is 5.92 Å². The van der Waals surface area contributed by atoms with Crippen molar-refractivity contribution in [1.82, 2.24) is 15.6 Å². The van der Waals surface area contributed by atoms with Gasteiger partial charge >= 0.3 is 0 Å². The Labute approximate surface area is 120 Å². The number of piperidine rings is 1. The molecule has 0 aliphatic carbocycles. The minimum Gasteiger partial charge on any atom is -0.348 e. The van der Waals surface area contributed by atoms with Gasteiger partial charge in [-0.2, -0.15) is 0 Å². The van der Waals surface area contributed by atoms with Crippen LogP contribution in [0.4, 0.5) is 0 Å². The van der Waals surface area contributed by atoms with E-state index < -0.39 is 0 Å². The fourth-order valence-corrected chi connectivity index (χ4v) is 2.34. The van der Waals surface area contributed by atoms with Gasteiger partial charge in [0.05, 0.1) is 12.1 Å². The van der Waals surface area contributed by atoms with Crippen molar-refractivity contribution in [1.29, 1.82) is 0 Å². The van der Waals surface area contributed by atoms with Crippen molar-refractivity contribution < 1.29 is 4.79 Å². The van der Waals surface area contributed by atoms with Gasteiger partial charge in [-0.05, 0) is 43.9 Å². The first-order chi connectivity index (χ1) is 8.66. The molecule has 4 nitrogen and oxygen atoms in total. The number of amides is 1. The molecule has 106 valence electrons. The monoisotopic (exact) mass is 283 g/mol. The molecule has 1 aromatic rings. The maximum atomic E-state index is 12.1. The van der Waals surface area contributed by atoms with Gasteiger partial charge < -0.3 is 10.6 Å². The van der Waals surface area contributed by atoms with Crippen LogP contribution in [0.2, 0.25) is 0 Å². The highest BCUT2D eigenvalue weighted by Crippen LogP contribution is 2.16. The van der Waals surface area contributed by atoms with Gasteiger partial charge in [0, 0.05) is 12.4 Å². The van der Waals surface area contributed by atoms with Gasteiger partial charge in [-0.1, -0.05) is 13.0 Å².